The summed E-state index contributed by atoms with van der Waals surface area (Å²) >= 11 is 0. The SMILES string of the molecule is CCCC[C@H](NC(=O)C1C2CCCC21)C(=O)O. The molecule has 0 saturated heterocycles. The van der Waals surface area contributed by atoms with Crippen molar-refractivity contribution in [1.82, 2.24) is 5.32 Å². The van der Waals surface area contributed by atoms with Gasteiger partial charge in [0.1, 0.15) is 6.04 Å². The van der Waals surface area contributed by atoms with Crippen LogP contribution in [0.15, 0.2) is 0 Å². The number of carboxylic acids is 1. The van der Waals surface area contributed by atoms with E-state index in [4.69, 9.17) is 5.11 Å². The van der Waals surface area contributed by atoms with E-state index in [-0.39, 0.29) is 11.8 Å². The van der Waals surface area contributed by atoms with Gasteiger partial charge in [0.2, 0.25) is 5.91 Å². The van der Waals surface area contributed by atoms with Crippen LogP contribution in [0.25, 0.3) is 0 Å². The van der Waals surface area contributed by atoms with Crippen LogP contribution >= 0.6 is 0 Å². The second kappa shape index (κ2) is 5.07. The number of aliphatic carboxylic acids is 1. The molecule has 2 N–H and O–H groups in total. The second-order valence-electron chi connectivity index (χ2n) is 5.33. The Bertz CT molecular complexity index is 306. The quantitative estimate of drug-likeness (QED) is 0.742. The number of carboxylic acid groups (broad SMARTS) is 1. The number of carbonyl (C=O) groups is 2. The van der Waals surface area contributed by atoms with Gasteiger partial charge < -0.3 is 10.4 Å². The van der Waals surface area contributed by atoms with Gasteiger partial charge in [0.05, 0.1) is 0 Å². The number of carbonyl (C=O) groups excluding carboxylic acids is 1. The van der Waals surface area contributed by atoms with Crippen LogP contribution in [0, 0.1) is 17.8 Å². The minimum Gasteiger partial charge on any atom is -0.480 e. The Morgan fingerprint density at radius 1 is 1.35 bits per heavy atom. The maximum atomic E-state index is 11.9. The van der Waals surface area contributed by atoms with E-state index in [9.17, 15) is 9.59 Å². The number of hydrogen-bond donors (Lipinski definition) is 2. The van der Waals surface area contributed by atoms with E-state index in [1.165, 1.54) is 6.42 Å². The Balaban J connectivity index is 1.81. The van der Waals surface area contributed by atoms with Crippen LogP contribution in [-0.2, 0) is 9.59 Å². The van der Waals surface area contributed by atoms with E-state index in [0.717, 1.165) is 25.7 Å². The van der Waals surface area contributed by atoms with Crippen LogP contribution in [0.4, 0.5) is 0 Å². The average molecular weight is 239 g/mol. The largest absolute Gasteiger partial charge is 0.480 e. The first-order valence-corrected chi connectivity index (χ1v) is 6.68. The van der Waals surface area contributed by atoms with Crippen molar-refractivity contribution in [2.75, 3.05) is 0 Å². The normalized spacial score (nSPS) is 31.7. The summed E-state index contributed by atoms with van der Waals surface area (Å²) in [7, 11) is 0. The van der Waals surface area contributed by atoms with Gasteiger partial charge in [0.15, 0.2) is 0 Å². The highest BCUT2D eigenvalue weighted by Gasteiger charge is 2.56. The molecule has 0 aromatic heterocycles. The standard InChI is InChI=1S/C13H21NO3/c1-2-3-7-10(13(16)17)14-12(15)11-8-5-4-6-9(8)11/h8-11H,2-7H2,1H3,(H,14,15)(H,16,17)/t8?,9?,10-,11?/m0/s1. The molecule has 1 amide bonds. The lowest BCUT2D eigenvalue weighted by Gasteiger charge is -2.14. The Hall–Kier alpha value is -1.06. The van der Waals surface area contributed by atoms with Crippen LogP contribution in [0.3, 0.4) is 0 Å². The van der Waals surface area contributed by atoms with Crippen molar-refractivity contribution in [3.05, 3.63) is 0 Å². The lowest BCUT2D eigenvalue weighted by atomic mass is 10.1. The summed E-state index contributed by atoms with van der Waals surface area (Å²) in [4.78, 5) is 22.9. The molecule has 0 bridgehead atoms. The molecule has 2 unspecified atom stereocenters. The molecule has 4 nitrogen and oxygen atoms in total. The van der Waals surface area contributed by atoms with Gasteiger partial charge in [-0.1, -0.05) is 26.2 Å². The smallest absolute Gasteiger partial charge is 0.326 e. The number of rotatable bonds is 6. The summed E-state index contributed by atoms with van der Waals surface area (Å²) in [6.45, 7) is 2.02. The Morgan fingerprint density at radius 2 is 2.00 bits per heavy atom. The van der Waals surface area contributed by atoms with Crippen LogP contribution < -0.4 is 5.32 Å². The van der Waals surface area contributed by atoms with E-state index < -0.39 is 12.0 Å². The molecule has 0 aromatic carbocycles. The summed E-state index contributed by atoms with van der Waals surface area (Å²) in [5.41, 5.74) is 0. The van der Waals surface area contributed by atoms with Gasteiger partial charge in [-0.3, -0.25) is 4.79 Å². The molecule has 0 aromatic rings. The van der Waals surface area contributed by atoms with Gasteiger partial charge in [-0.05, 0) is 31.1 Å². The Kier molecular flexibility index (Phi) is 3.69. The lowest BCUT2D eigenvalue weighted by Crippen LogP contribution is -2.42. The third-order valence-corrected chi connectivity index (χ3v) is 4.17. The first-order valence-electron chi connectivity index (χ1n) is 6.68. The second-order valence-corrected chi connectivity index (χ2v) is 5.33. The van der Waals surface area contributed by atoms with Crippen LogP contribution in [0.1, 0.15) is 45.4 Å². The fraction of sp³-hybridized carbons (Fsp3) is 0.846. The predicted octanol–water partition coefficient (Wildman–Crippen LogP) is 1.79. The Labute approximate surface area is 102 Å². The molecular formula is C13H21NO3. The van der Waals surface area contributed by atoms with Crippen molar-refractivity contribution in [2.24, 2.45) is 17.8 Å². The lowest BCUT2D eigenvalue weighted by molar-refractivity contribution is -0.142. The molecule has 2 aliphatic rings. The summed E-state index contributed by atoms with van der Waals surface area (Å²) in [6.07, 6.45) is 5.87. The van der Waals surface area contributed by atoms with Crippen molar-refractivity contribution >= 4 is 11.9 Å². The molecule has 4 heteroatoms. The molecular weight excluding hydrogens is 218 g/mol. The van der Waals surface area contributed by atoms with Crippen molar-refractivity contribution in [2.45, 2.75) is 51.5 Å². The maximum Gasteiger partial charge on any atom is 0.326 e. The number of amides is 1. The van der Waals surface area contributed by atoms with Crippen LogP contribution in [0.5, 0.6) is 0 Å². The fourth-order valence-corrected chi connectivity index (χ4v) is 3.14. The molecule has 0 radical (unpaired) electrons. The molecule has 2 rings (SSSR count). The summed E-state index contributed by atoms with van der Waals surface area (Å²) in [6, 6.07) is -0.691. The molecule has 2 aliphatic carbocycles. The van der Waals surface area contributed by atoms with Gasteiger partial charge in [-0.25, -0.2) is 4.79 Å². The monoisotopic (exact) mass is 239 g/mol. The van der Waals surface area contributed by atoms with Gasteiger partial charge in [0, 0.05) is 5.92 Å². The zero-order chi connectivity index (χ0) is 12.4. The summed E-state index contributed by atoms with van der Waals surface area (Å²) < 4.78 is 0. The van der Waals surface area contributed by atoms with Gasteiger partial charge in [-0.2, -0.15) is 0 Å². The number of fused-ring (bicyclic) bond motifs is 1. The zero-order valence-electron chi connectivity index (χ0n) is 10.3. The highest BCUT2D eigenvalue weighted by molar-refractivity contribution is 5.87. The third kappa shape index (κ3) is 2.61. The minimum atomic E-state index is -0.905. The average Bonchev–Trinajstić information content (AvgIpc) is 2.78. The van der Waals surface area contributed by atoms with Crippen molar-refractivity contribution in [1.29, 1.82) is 0 Å². The minimum absolute atomic E-state index is 0.0248. The number of nitrogens with one attached hydrogen (secondary N) is 1. The van der Waals surface area contributed by atoms with E-state index in [2.05, 4.69) is 5.32 Å². The Morgan fingerprint density at radius 3 is 2.53 bits per heavy atom. The molecule has 0 spiro atoms. The highest BCUT2D eigenvalue weighted by Crippen LogP contribution is 2.57. The maximum absolute atomic E-state index is 11.9. The topological polar surface area (TPSA) is 66.4 Å². The predicted molar refractivity (Wildman–Crippen MR) is 63.4 cm³/mol. The molecule has 0 aliphatic heterocycles. The van der Waals surface area contributed by atoms with Crippen molar-refractivity contribution in [3.63, 3.8) is 0 Å². The van der Waals surface area contributed by atoms with Crippen molar-refractivity contribution < 1.29 is 14.7 Å². The number of unbranched alkanes of at least 4 members (excludes halogenated alkanes) is 1. The molecule has 96 valence electrons. The van der Waals surface area contributed by atoms with Crippen LogP contribution in [0.2, 0.25) is 0 Å². The molecule has 0 heterocycles. The van der Waals surface area contributed by atoms with Crippen molar-refractivity contribution in [3.8, 4) is 0 Å². The first-order chi connectivity index (χ1) is 8.15. The zero-order valence-corrected chi connectivity index (χ0v) is 10.3. The van der Waals surface area contributed by atoms with Crippen LogP contribution in [-0.4, -0.2) is 23.0 Å². The van der Waals surface area contributed by atoms with Gasteiger partial charge in [-0.15, -0.1) is 0 Å². The molecule has 3 atom stereocenters. The fourth-order valence-electron chi connectivity index (χ4n) is 3.14. The van der Waals surface area contributed by atoms with E-state index in [1.807, 2.05) is 6.92 Å². The van der Waals surface area contributed by atoms with Gasteiger partial charge in [0.25, 0.3) is 0 Å². The van der Waals surface area contributed by atoms with Gasteiger partial charge >= 0.3 is 5.97 Å². The molecule has 2 fully saturated rings. The van der Waals surface area contributed by atoms with E-state index >= 15 is 0 Å². The first kappa shape index (κ1) is 12.4. The summed E-state index contributed by atoms with van der Waals surface area (Å²) in [5.74, 6) is 0.291. The summed E-state index contributed by atoms with van der Waals surface area (Å²) in [5, 5.41) is 11.7. The highest BCUT2D eigenvalue weighted by atomic mass is 16.4. The van der Waals surface area contributed by atoms with E-state index in [1.54, 1.807) is 0 Å². The third-order valence-electron chi connectivity index (χ3n) is 4.17. The molecule has 2 saturated carbocycles. The van der Waals surface area contributed by atoms with E-state index in [0.29, 0.717) is 18.3 Å². The molecule has 17 heavy (non-hydrogen) atoms. The number of hydrogen-bond acceptors (Lipinski definition) is 2.